The lowest BCUT2D eigenvalue weighted by Crippen LogP contribution is -2.35. The van der Waals surface area contributed by atoms with Crippen LogP contribution in [-0.2, 0) is 4.79 Å². The third-order valence-electron chi connectivity index (χ3n) is 7.90. The van der Waals surface area contributed by atoms with Crippen molar-refractivity contribution >= 4 is 11.7 Å². The maximum absolute atomic E-state index is 11.4. The van der Waals surface area contributed by atoms with E-state index in [1.165, 1.54) is 11.3 Å². The van der Waals surface area contributed by atoms with E-state index in [4.69, 9.17) is 14.2 Å². The largest absolute Gasteiger partial charge is 0.497 e. The number of hydrogen-bond donors (Lipinski definition) is 1. The topological polar surface area (TPSA) is 68.2 Å². The number of hydrogen-bond acceptors (Lipinski definition) is 5. The van der Waals surface area contributed by atoms with Crippen molar-refractivity contribution < 1.29 is 24.1 Å². The van der Waals surface area contributed by atoms with Crippen LogP contribution in [0.5, 0.6) is 17.2 Å². The Morgan fingerprint density at radius 1 is 0.895 bits per heavy atom. The van der Waals surface area contributed by atoms with Crippen molar-refractivity contribution in [2.75, 3.05) is 38.8 Å². The molecule has 5 rings (SSSR count). The summed E-state index contributed by atoms with van der Waals surface area (Å²) in [6.07, 6.45) is 4.51. The van der Waals surface area contributed by atoms with Gasteiger partial charge in [0.05, 0.1) is 27.2 Å². The first-order valence-corrected chi connectivity index (χ1v) is 13.6. The maximum Gasteiger partial charge on any atom is 0.303 e. The Morgan fingerprint density at radius 2 is 1.61 bits per heavy atom. The fourth-order valence-electron chi connectivity index (χ4n) is 5.57. The zero-order valence-corrected chi connectivity index (χ0v) is 22.3. The summed E-state index contributed by atoms with van der Waals surface area (Å²) in [5.41, 5.74) is 4.56. The number of carboxylic acids is 1. The molecule has 1 aliphatic carbocycles. The van der Waals surface area contributed by atoms with Gasteiger partial charge in [-0.25, -0.2) is 0 Å². The second-order valence-electron chi connectivity index (χ2n) is 10.5. The Labute approximate surface area is 225 Å². The van der Waals surface area contributed by atoms with Crippen molar-refractivity contribution in [1.82, 2.24) is 0 Å². The summed E-state index contributed by atoms with van der Waals surface area (Å²) in [6.45, 7) is 2.56. The van der Waals surface area contributed by atoms with E-state index >= 15 is 0 Å². The zero-order chi connectivity index (χ0) is 26.5. The molecule has 1 saturated heterocycles. The fraction of sp³-hybridized carbons (Fsp3) is 0.406. The zero-order valence-electron chi connectivity index (χ0n) is 22.3. The molecule has 0 aromatic heterocycles. The third-order valence-corrected chi connectivity index (χ3v) is 7.90. The average molecular weight is 516 g/mol. The monoisotopic (exact) mass is 515 g/mol. The van der Waals surface area contributed by atoms with E-state index in [1.54, 1.807) is 14.2 Å². The van der Waals surface area contributed by atoms with Gasteiger partial charge in [0.2, 0.25) is 0 Å². The first-order valence-electron chi connectivity index (χ1n) is 13.6. The highest BCUT2D eigenvalue weighted by atomic mass is 16.5. The van der Waals surface area contributed by atoms with Gasteiger partial charge in [0.1, 0.15) is 17.2 Å². The molecule has 6 nitrogen and oxygen atoms in total. The van der Waals surface area contributed by atoms with Gasteiger partial charge in [0.15, 0.2) is 0 Å². The lowest BCUT2D eigenvalue weighted by atomic mass is 9.91. The fourth-order valence-corrected chi connectivity index (χ4v) is 5.57. The summed E-state index contributed by atoms with van der Waals surface area (Å²) in [7, 11) is 3.40. The van der Waals surface area contributed by atoms with E-state index in [9.17, 15) is 9.90 Å². The standard InChI is InChI=1S/C32H37NO5/c1-36-26-7-3-5-24(17-26)29-12-11-27(37-2)19-31(29)33-15-13-22(14-16-33)21-38-28-8-4-6-25(18-28)30(20-32(34)35)23-9-10-23/h3-8,11-12,17-19,22-23,30H,9-10,13-16,20-21H2,1-2H3,(H,34,35)/t30-/m0/s1. The van der Waals surface area contributed by atoms with Gasteiger partial charge < -0.3 is 24.2 Å². The van der Waals surface area contributed by atoms with Gasteiger partial charge in [0, 0.05) is 30.4 Å². The number of benzene rings is 3. The lowest BCUT2D eigenvalue weighted by Gasteiger charge is -2.35. The van der Waals surface area contributed by atoms with Crippen molar-refractivity contribution in [2.45, 2.75) is 38.0 Å². The third kappa shape index (κ3) is 6.24. The van der Waals surface area contributed by atoms with Crippen LogP contribution in [-0.4, -0.2) is 45.0 Å². The van der Waals surface area contributed by atoms with E-state index in [1.807, 2.05) is 36.4 Å². The molecule has 0 spiro atoms. The highest BCUT2D eigenvalue weighted by Gasteiger charge is 2.34. The number of aliphatic carboxylic acids is 1. The molecular weight excluding hydrogens is 478 g/mol. The van der Waals surface area contributed by atoms with E-state index in [0.717, 1.165) is 67.1 Å². The minimum absolute atomic E-state index is 0.0842. The second-order valence-corrected chi connectivity index (χ2v) is 10.5. The first kappa shape index (κ1) is 26.0. The molecule has 3 aromatic rings. The van der Waals surface area contributed by atoms with Crippen LogP contribution >= 0.6 is 0 Å². The number of carboxylic acid groups (broad SMARTS) is 1. The van der Waals surface area contributed by atoms with Crippen molar-refractivity contribution in [3.8, 4) is 28.4 Å². The molecule has 0 amide bonds. The van der Waals surface area contributed by atoms with Crippen LogP contribution in [0.25, 0.3) is 11.1 Å². The quantitative estimate of drug-likeness (QED) is 0.309. The van der Waals surface area contributed by atoms with E-state index in [-0.39, 0.29) is 12.3 Å². The Kier molecular flexibility index (Phi) is 8.06. The molecule has 0 bridgehead atoms. The summed E-state index contributed by atoms with van der Waals surface area (Å²) in [4.78, 5) is 13.8. The first-order chi connectivity index (χ1) is 18.5. The van der Waals surface area contributed by atoms with Gasteiger partial charge in [-0.15, -0.1) is 0 Å². The molecule has 0 radical (unpaired) electrons. The molecule has 1 atom stereocenters. The van der Waals surface area contributed by atoms with Crippen LogP contribution in [0, 0.1) is 11.8 Å². The number of carbonyl (C=O) groups is 1. The maximum atomic E-state index is 11.4. The molecule has 0 unspecified atom stereocenters. The van der Waals surface area contributed by atoms with Crippen molar-refractivity contribution in [3.05, 3.63) is 72.3 Å². The smallest absolute Gasteiger partial charge is 0.303 e. The molecule has 6 heteroatoms. The van der Waals surface area contributed by atoms with Crippen LogP contribution < -0.4 is 19.1 Å². The normalized spacial score (nSPS) is 16.6. The minimum Gasteiger partial charge on any atom is -0.497 e. The highest BCUT2D eigenvalue weighted by molar-refractivity contribution is 5.80. The van der Waals surface area contributed by atoms with Crippen molar-refractivity contribution in [1.29, 1.82) is 0 Å². The molecule has 2 aliphatic rings. The molecule has 1 N–H and O–H groups in total. The van der Waals surface area contributed by atoms with Gasteiger partial charge in [0.25, 0.3) is 0 Å². The average Bonchev–Trinajstić information content (AvgIpc) is 3.80. The van der Waals surface area contributed by atoms with Gasteiger partial charge in [-0.2, -0.15) is 0 Å². The van der Waals surface area contributed by atoms with Gasteiger partial charge >= 0.3 is 5.97 Å². The summed E-state index contributed by atoms with van der Waals surface area (Å²) in [5.74, 6) is 2.85. The van der Waals surface area contributed by atoms with Crippen LogP contribution in [0.1, 0.15) is 43.6 Å². The number of anilines is 1. The number of ether oxygens (including phenoxy) is 3. The Balaban J connectivity index is 1.23. The van der Waals surface area contributed by atoms with Crippen LogP contribution in [0.2, 0.25) is 0 Å². The van der Waals surface area contributed by atoms with E-state index < -0.39 is 5.97 Å². The minimum atomic E-state index is -0.731. The number of rotatable bonds is 11. The Bertz CT molecular complexity index is 1250. The van der Waals surface area contributed by atoms with Gasteiger partial charge in [-0.3, -0.25) is 4.79 Å². The predicted octanol–water partition coefficient (Wildman–Crippen LogP) is 6.63. The molecule has 38 heavy (non-hydrogen) atoms. The number of piperidine rings is 1. The molecule has 1 heterocycles. The van der Waals surface area contributed by atoms with Gasteiger partial charge in [-0.1, -0.05) is 24.3 Å². The van der Waals surface area contributed by atoms with Crippen LogP contribution in [0.3, 0.4) is 0 Å². The van der Waals surface area contributed by atoms with Crippen molar-refractivity contribution in [3.63, 3.8) is 0 Å². The summed E-state index contributed by atoms with van der Waals surface area (Å²) < 4.78 is 17.2. The predicted molar refractivity (Wildman–Crippen MR) is 150 cm³/mol. The summed E-state index contributed by atoms with van der Waals surface area (Å²) in [6, 6.07) is 22.5. The van der Waals surface area contributed by atoms with Crippen LogP contribution in [0.15, 0.2) is 66.7 Å². The molecule has 200 valence electrons. The van der Waals surface area contributed by atoms with E-state index in [2.05, 4.69) is 35.2 Å². The highest BCUT2D eigenvalue weighted by Crippen LogP contribution is 2.45. The number of nitrogens with zero attached hydrogens (tertiary/aromatic N) is 1. The molecule has 3 aromatic carbocycles. The second kappa shape index (κ2) is 11.8. The molecular formula is C32H37NO5. The molecule has 2 fully saturated rings. The SMILES string of the molecule is COc1cccc(-c2ccc(OC)cc2N2CCC(COc3cccc([C@@H](CC(=O)O)C4CC4)c3)CC2)c1. The molecule has 1 saturated carbocycles. The number of methoxy groups -OCH3 is 2. The van der Waals surface area contributed by atoms with Crippen LogP contribution in [0.4, 0.5) is 5.69 Å². The summed E-state index contributed by atoms with van der Waals surface area (Å²) >= 11 is 0. The van der Waals surface area contributed by atoms with Crippen molar-refractivity contribution in [2.24, 2.45) is 11.8 Å². The van der Waals surface area contributed by atoms with E-state index in [0.29, 0.717) is 18.4 Å². The Hall–Kier alpha value is -3.67. The summed E-state index contributed by atoms with van der Waals surface area (Å²) in [5, 5.41) is 9.36. The Morgan fingerprint density at radius 3 is 2.32 bits per heavy atom. The molecule has 1 aliphatic heterocycles. The van der Waals surface area contributed by atoms with Gasteiger partial charge in [-0.05, 0) is 91.0 Å². The lowest BCUT2D eigenvalue weighted by molar-refractivity contribution is -0.137.